The summed E-state index contributed by atoms with van der Waals surface area (Å²) in [6, 6.07) is 6.30. The fraction of sp³-hybridized carbons (Fsp3) is 0.182. The average molecular weight is 260 g/mol. The van der Waals surface area contributed by atoms with Gasteiger partial charge in [-0.2, -0.15) is 0 Å². The highest BCUT2D eigenvalue weighted by atomic mass is 16.6. The molecule has 0 radical (unpaired) electrons. The predicted molar refractivity (Wildman–Crippen MR) is 68.4 cm³/mol. The number of nitro groups is 1. The molecule has 0 spiro atoms. The summed E-state index contributed by atoms with van der Waals surface area (Å²) < 4.78 is 1.57. The Morgan fingerprint density at radius 2 is 2.16 bits per heavy atom. The molecule has 98 valence electrons. The number of tetrazole rings is 1. The minimum absolute atomic E-state index is 0.0697. The molecule has 1 heterocycles. The van der Waals surface area contributed by atoms with E-state index in [1.54, 1.807) is 22.9 Å². The highest BCUT2D eigenvalue weighted by Gasteiger charge is 2.06. The first-order valence-corrected chi connectivity index (χ1v) is 5.55. The van der Waals surface area contributed by atoms with E-state index in [2.05, 4.69) is 27.4 Å². The number of rotatable bonds is 6. The number of nitro benzene ring substituents is 1. The van der Waals surface area contributed by atoms with Crippen molar-refractivity contribution in [3.8, 4) is 0 Å². The van der Waals surface area contributed by atoms with Crippen molar-refractivity contribution < 1.29 is 4.92 Å². The topological polar surface area (TPSA) is 98.8 Å². The van der Waals surface area contributed by atoms with E-state index in [1.165, 1.54) is 12.1 Å². The first-order chi connectivity index (χ1) is 9.20. The summed E-state index contributed by atoms with van der Waals surface area (Å²) in [6.45, 7) is 4.60. The predicted octanol–water partition coefficient (Wildman–Crippen LogP) is 1.38. The summed E-state index contributed by atoms with van der Waals surface area (Å²) in [4.78, 5) is 10.1. The molecule has 0 atom stereocenters. The maximum atomic E-state index is 10.5. The molecule has 0 saturated carbocycles. The maximum absolute atomic E-state index is 10.5. The Hall–Kier alpha value is -2.77. The Bertz CT molecular complexity index is 577. The minimum atomic E-state index is -0.429. The third-order valence-corrected chi connectivity index (χ3v) is 2.43. The van der Waals surface area contributed by atoms with Crippen LogP contribution in [0.4, 0.5) is 11.6 Å². The highest BCUT2D eigenvalue weighted by molar-refractivity contribution is 5.34. The molecule has 0 saturated heterocycles. The van der Waals surface area contributed by atoms with Gasteiger partial charge in [-0.3, -0.25) is 10.1 Å². The zero-order chi connectivity index (χ0) is 13.7. The van der Waals surface area contributed by atoms with E-state index in [0.717, 1.165) is 5.56 Å². The van der Waals surface area contributed by atoms with E-state index < -0.39 is 4.92 Å². The summed E-state index contributed by atoms with van der Waals surface area (Å²) in [5, 5.41) is 24.7. The van der Waals surface area contributed by atoms with Gasteiger partial charge in [-0.1, -0.05) is 23.3 Å². The first-order valence-electron chi connectivity index (χ1n) is 5.55. The second-order valence-electron chi connectivity index (χ2n) is 3.75. The van der Waals surface area contributed by atoms with Crippen LogP contribution in [-0.2, 0) is 13.1 Å². The van der Waals surface area contributed by atoms with Crippen molar-refractivity contribution in [3.63, 3.8) is 0 Å². The lowest BCUT2D eigenvalue weighted by Gasteiger charge is -2.05. The second kappa shape index (κ2) is 5.71. The Labute approximate surface area is 108 Å². The monoisotopic (exact) mass is 260 g/mol. The Balaban J connectivity index is 2.00. The van der Waals surface area contributed by atoms with Gasteiger partial charge < -0.3 is 5.32 Å². The molecule has 0 unspecified atom stereocenters. The van der Waals surface area contributed by atoms with Crippen LogP contribution in [0.25, 0.3) is 0 Å². The smallest absolute Gasteiger partial charge is 0.269 e. The highest BCUT2D eigenvalue weighted by Crippen LogP contribution is 2.12. The van der Waals surface area contributed by atoms with Crippen molar-refractivity contribution in [2.24, 2.45) is 0 Å². The van der Waals surface area contributed by atoms with Gasteiger partial charge in [0.15, 0.2) is 0 Å². The lowest BCUT2D eigenvalue weighted by atomic mass is 10.2. The van der Waals surface area contributed by atoms with Crippen molar-refractivity contribution in [2.75, 3.05) is 5.32 Å². The van der Waals surface area contributed by atoms with Gasteiger partial charge >= 0.3 is 0 Å². The molecule has 0 aliphatic carbocycles. The number of hydrogen-bond acceptors (Lipinski definition) is 6. The van der Waals surface area contributed by atoms with Crippen LogP contribution >= 0.6 is 0 Å². The first kappa shape index (κ1) is 12.7. The van der Waals surface area contributed by atoms with E-state index in [9.17, 15) is 10.1 Å². The number of hydrogen-bond donors (Lipinski definition) is 1. The second-order valence-corrected chi connectivity index (χ2v) is 3.75. The van der Waals surface area contributed by atoms with Crippen molar-refractivity contribution >= 4 is 11.6 Å². The molecule has 0 bridgehead atoms. The number of nitrogens with one attached hydrogen (secondary N) is 1. The van der Waals surface area contributed by atoms with Crippen LogP contribution in [0.3, 0.4) is 0 Å². The van der Waals surface area contributed by atoms with Crippen LogP contribution in [0, 0.1) is 10.1 Å². The maximum Gasteiger partial charge on any atom is 0.269 e. The van der Waals surface area contributed by atoms with Crippen molar-refractivity contribution in [1.29, 1.82) is 0 Å². The molecule has 19 heavy (non-hydrogen) atoms. The van der Waals surface area contributed by atoms with Gasteiger partial charge in [0.1, 0.15) is 0 Å². The van der Waals surface area contributed by atoms with Crippen molar-refractivity contribution in [1.82, 2.24) is 20.2 Å². The van der Waals surface area contributed by atoms with Gasteiger partial charge in [0.05, 0.1) is 11.5 Å². The van der Waals surface area contributed by atoms with Gasteiger partial charge in [-0.15, -0.1) is 6.58 Å². The Morgan fingerprint density at radius 3 is 2.79 bits per heavy atom. The number of allylic oxidation sites excluding steroid dienone is 1. The van der Waals surface area contributed by atoms with Crippen molar-refractivity contribution in [2.45, 2.75) is 13.1 Å². The summed E-state index contributed by atoms with van der Waals surface area (Å²) in [5.41, 5.74) is 0.971. The molecule has 0 amide bonds. The molecular weight excluding hydrogens is 248 g/mol. The van der Waals surface area contributed by atoms with Crippen LogP contribution in [0.2, 0.25) is 0 Å². The minimum Gasteiger partial charge on any atom is -0.349 e. The number of benzene rings is 1. The molecule has 1 N–H and O–H groups in total. The number of non-ortho nitro benzene ring substituents is 1. The van der Waals surface area contributed by atoms with Crippen LogP contribution in [0.15, 0.2) is 36.9 Å². The summed E-state index contributed by atoms with van der Waals surface area (Å²) in [5.74, 6) is 0.526. The molecule has 2 aromatic rings. The third-order valence-electron chi connectivity index (χ3n) is 2.43. The molecule has 8 nitrogen and oxygen atoms in total. The molecule has 0 aliphatic rings. The lowest BCUT2D eigenvalue weighted by molar-refractivity contribution is -0.384. The van der Waals surface area contributed by atoms with Gasteiger partial charge in [0.25, 0.3) is 5.69 Å². The van der Waals surface area contributed by atoms with Crippen LogP contribution < -0.4 is 5.32 Å². The third kappa shape index (κ3) is 3.12. The number of anilines is 1. The molecule has 0 aliphatic heterocycles. The average Bonchev–Trinajstić information content (AvgIpc) is 2.85. The Morgan fingerprint density at radius 1 is 1.42 bits per heavy atom. The van der Waals surface area contributed by atoms with Crippen molar-refractivity contribution in [3.05, 3.63) is 52.6 Å². The molecule has 1 aromatic carbocycles. The normalized spacial score (nSPS) is 10.1. The zero-order valence-electron chi connectivity index (χ0n) is 10.1. The van der Waals surface area contributed by atoms with Crippen LogP contribution in [0.1, 0.15) is 5.56 Å². The molecule has 0 fully saturated rings. The van der Waals surface area contributed by atoms with Gasteiger partial charge in [0.2, 0.25) is 5.95 Å². The molecular formula is C11H12N6O2. The molecule has 2 rings (SSSR count). The Kier molecular flexibility index (Phi) is 3.81. The van der Waals surface area contributed by atoms with E-state index in [1.807, 2.05) is 0 Å². The van der Waals surface area contributed by atoms with E-state index in [0.29, 0.717) is 19.0 Å². The van der Waals surface area contributed by atoms with Gasteiger partial charge in [0, 0.05) is 18.7 Å². The fourth-order valence-corrected chi connectivity index (χ4v) is 1.49. The number of aromatic nitrogens is 4. The molecule has 8 heteroatoms. The number of nitrogens with zero attached hydrogens (tertiary/aromatic N) is 5. The van der Waals surface area contributed by atoms with E-state index in [-0.39, 0.29) is 5.69 Å². The lowest BCUT2D eigenvalue weighted by Crippen LogP contribution is -2.08. The largest absolute Gasteiger partial charge is 0.349 e. The van der Waals surface area contributed by atoms with Crippen LogP contribution in [-0.4, -0.2) is 25.1 Å². The molecule has 1 aromatic heterocycles. The SMILES string of the molecule is C=CCn1nnnc1NCc1ccc([N+](=O)[O-])cc1. The fourth-order valence-electron chi connectivity index (χ4n) is 1.49. The summed E-state index contributed by atoms with van der Waals surface area (Å²) in [7, 11) is 0. The summed E-state index contributed by atoms with van der Waals surface area (Å²) >= 11 is 0. The summed E-state index contributed by atoms with van der Waals surface area (Å²) in [6.07, 6.45) is 1.69. The van der Waals surface area contributed by atoms with Gasteiger partial charge in [-0.05, 0) is 16.0 Å². The van der Waals surface area contributed by atoms with E-state index in [4.69, 9.17) is 0 Å². The quantitative estimate of drug-likeness (QED) is 0.478. The van der Waals surface area contributed by atoms with E-state index >= 15 is 0 Å². The van der Waals surface area contributed by atoms with Gasteiger partial charge in [-0.25, -0.2) is 4.68 Å². The standard InChI is InChI=1S/C11H12N6O2/c1-2-7-16-11(13-14-15-16)12-8-9-3-5-10(6-4-9)17(18)19/h2-6H,1,7-8H2,(H,12,13,15). The van der Waals surface area contributed by atoms with Crippen LogP contribution in [0.5, 0.6) is 0 Å². The zero-order valence-corrected chi connectivity index (χ0v) is 10.1.